The lowest BCUT2D eigenvalue weighted by Crippen LogP contribution is -2.36. The lowest BCUT2D eigenvalue weighted by molar-refractivity contribution is -0.134. The van der Waals surface area contributed by atoms with Gasteiger partial charge in [-0.15, -0.1) is 0 Å². The number of hydrogen-bond acceptors (Lipinski definition) is 5. The van der Waals surface area contributed by atoms with E-state index in [0.717, 1.165) is 48.2 Å². The summed E-state index contributed by atoms with van der Waals surface area (Å²) in [5.41, 5.74) is 2.88. The zero-order valence-corrected chi connectivity index (χ0v) is 15.7. The highest BCUT2D eigenvalue weighted by molar-refractivity contribution is 5.80. The number of aromatic nitrogens is 3. The van der Waals surface area contributed by atoms with Gasteiger partial charge in [-0.05, 0) is 20.9 Å². The van der Waals surface area contributed by atoms with Gasteiger partial charge in [-0.25, -0.2) is 4.98 Å². The number of likely N-dealkylation sites (N-methyl/N-ethyl adjacent to an activating group) is 1. The highest BCUT2D eigenvalue weighted by Gasteiger charge is 2.40. The number of H-pyrrole nitrogens is 1. The number of aromatic amines is 1. The molecule has 7 nitrogen and oxygen atoms in total. The van der Waals surface area contributed by atoms with Gasteiger partial charge in [0, 0.05) is 44.2 Å². The number of nitrogens with one attached hydrogen (secondary N) is 1. The van der Waals surface area contributed by atoms with Crippen molar-refractivity contribution < 1.29 is 9.32 Å². The van der Waals surface area contributed by atoms with Gasteiger partial charge in [0.25, 0.3) is 0 Å². The minimum Gasteiger partial charge on any atom is -0.361 e. The molecule has 1 aliphatic rings. The summed E-state index contributed by atoms with van der Waals surface area (Å²) >= 11 is 0. The van der Waals surface area contributed by atoms with Crippen molar-refractivity contribution in [3.8, 4) is 0 Å². The Balaban J connectivity index is 1.78. The number of carbonyl (C=O) groups is 1. The molecule has 2 atom stereocenters. The molecule has 136 valence electrons. The number of likely N-dealkylation sites (tertiary alicyclic amines) is 1. The highest BCUT2D eigenvalue weighted by atomic mass is 16.5. The van der Waals surface area contributed by atoms with Crippen LogP contribution >= 0.6 is 0 Å². The fourth-order valence-electron chi connectivity index (χ4n) is 3.69. The number of hydrogen-bond donors (Lipinski definition) is 1. The third-order valence-corrected chi connectivity index (χ3v) is 4.93. The molecule has 0 saturated carbocycles. The largest absolute Gasteiger partial charge is 0.361 e. The Hall–Kier alpha value is -2.15. The molecule has 0 unspecified atom stereocenters. The summed E-state index contributed by atoms with van der Waals surface area (Å²) in [7, 11) is 3.89. The minimum atomic E-state index is -0.0882. The van der Waals surface area contributed by atoms with Crippen molar-refractivity contribution in [3.63, 3.8) is 0 Å². The van der Waals surface area contributed by atoms with Crippen molar-refractivity contribution in [1.29, 1.82) is 0 Å². The molecular formula is C18H27N5O2. The van der Waals surface area contributed by atoms with E-state index in [0.29, 0.717) is 6.54 Å². The Morgan fingerprint density at radius 3 is 2.80 bits per heavy atom. The van der Waals surface area contributed by atoms with Crippen LogP contribution in [0.3, 0.4) is 0 Å². The van der Waals surface area contributed by atoms with E-state index in [9.17, 15) is 4.79 Å². The SMILES string of the molecule is CCc1nc([C@@H]2CN(C)C[C@H]2C(=O)N(C)Cc2cc(C)on2)c(C)[nH]1. The molecule has 1 saturated heterocycles. The molecule has 7 heteroatoms. The molecule has 0 aliphatic carbocycles. The fraction of sp³-hybridized carbons (Fsp3) is 0.611. The van der Waals surface area contributed by atoms with E-state index in [1.807, 2.05) is 27.0 Å². The second-order valence-electron chi connectivity index (χ2n) is 7.10. The van der Waals surface area contributed by atoms with E-state index in [1.165, 1.54) is 0 Å². The lowest BCUT2D eigenvalue weighted by atomic mass is 9.90. The molecule has 0 bridgehead atoms. The van der Waals surface area contributed by atoms with Crippen molar-refractivity contribution in [2.24, 2.45) is 5.92 Å². The summed E-state index contributed by atoms with van der Waals surface area (Å²) in [6.45, 7) is 8.04. The van der Waals surface area contributed by atoms with Crippen LogP contribution in [0, 0.1) is 19.8 Å². The fourth-order valence-corrected chi connectivity index (χ4v) is 3.69. The maximum Gasteiger partial charge on any atom is 0.227 e. The van der Waals surface area contributed by atoms with Crippen LogP contribution < -0.4 is 0 Å². The standard InChI is InChI=1S/C18H27N5O2/c1-6-16-19-12(3)17(20-16)14-9-22(4)10-15(14)18(24)23(5)8-13-7-11(2)25-21-13/h7,14-15H,6,8-10H2,1-5H3,(H,19,20)/t14-,15-/m1/s1. The first-order valence-electron chi connectivity index (χ1n) is 8.80. The molecule has 1 N–H and O–H groups in total. The van der Waals surface area contributed by atoms with E-state index < -0.39 is 0 Å². The quantitative estimate of drug-likeness (QED) is 0.895. The summed E-state index contributed by atoms with van der Waals surface area (Å²) in [6.07, 6.45) is 0.868. The predicted octanol–water partition coefficient (Wildman–Crippen LogP) is 1.88. The van der Waals surface area contributed by atoms with Gasteiger partial charge in [0.15, 0.2) is 0 Å². The first kappa shape index (κ1) is 17.7. The molecule has 1 fully saturated rings. The maximum absolute atomic E-state index is 13.1. The van der Waals surface area contributed by atoms with Gasteiger partial charge in [0.1, 0.15) is 17.3 Å². The second kappa shape index (κ2) is 7.00. The number of nitrogens with zero attached hydrogens (tertiary/aromatic N) is 4. The number of rotatable bonds is 5. The van der Waals surface area contributed by atoms with Crippen LogP contribution in [0.5, 0.6) is 0 Å². The third kappa shape index (κ3) is 3.61. The molecule has 25 heavy (non-hydrogen) atoms. The Kier molecular flexibility index (Phi) is 4.94. The Labute approximate surface area is 148 Å². The van der Waals surface area contributed by atoms with Crippen LogP contribution in [-0.2, 0) is 17.8 Å². The van der Waals surface area contributed by atoms with Crippen molar-refractivity contribution >= 4 is 5.91 Å². The molecule has 0 spiro atoms. The maximum atomic E-state index is 13.1. The van der Waals surface area contributed by atoms with Crippen molar-refractivity contribution in [1.82, 2.24) is 24.9 Å². The van der Waals surface area contributed by atoms with Gasteiger partial charge in [-0.1, -0.05) is 12.1 Å². The Morgan fingerprint density at radius 2 is 2.20 bits per heavy atom. The molecule has 3 rings (SSSR count). The summed E-state index contributed by atoms with van der Waals surface area (Å²) in [4.78, 5) is 25.1. The first-order valence-corrected chi connectivity index (χ1v) is 8.80. The van der Waals surface area contributed by atoms with Gasteiger partial charge in [-0.2, -0.15) is 0 Å². The average Bonchev–Trinajstić information content (AvgIpc) is 3.25. The van der Waals surface area contributed by atoms with Gasteiger partial charge in [0.05, 0.1) is 18.2 Å². The normalized spacial score (nSPS) is 21.0. The molecule has 0 radical (unpaired) electrons. The van der Waals surface area contributed by atoms with Crippen molar-refractivity contribution in [2.75, 3.05) is 27.2 Å². The molecule has 0 aromatic carbocycles. The van der Waals surface area contributed by atoms with Gasteiger partial charge in [-0.3, -0.25) is 4.79 Å². The van der Waals surface area contributed by atoms with Gasteiger partial charge in [0.2, 0.25) is 5.91 Å². The minimum absolute atomic E-state index is 0.0882. The number of amides is 1. The third-order valence-electron chi connectivity index (χ3n) is 4.93. The van der Waals surface area contributed by atoms with Crippen LogP contribution in [-0.4, -0.2) is 58.0 Å². The first-order chi connectivity index (χ1) is 11.9. The van der Waals surface area contributed by atoms with E-state index in [1.54, 1.807) is 4.90 Å². The van der Waals surface area contributed by atoms with E-state index in [4.69, 9.17) is 9.51 Å². The predicted molar refractivity (Wildman–Crippen MR) is 94.1 cm³/mol. The Morgan fingerprint density at radius 1 is 1.44 bits per heavy atom. The monoisotopic (exact) mass is 345 g/mol. The van der Waals surface area contributed by atoms with Gasteiger partial charge < -0.3 is 19.3 Å². The molecule has 2 aromatic heterocycles. The molecule has 1 aliphatic heterocycles. The van der Waals surface area contributed by atoms with Crippen LogP contribution in [0.25, 0.3) is 0 Å². The average molecular weight is 345 g/mol. The zero-order valence-electron chi connectivity index (χ0n) is 15.7. The molecule has 1 amide bonds. The lowest BCUT2D eigenvalue weighted by Gasteiger charge is -2.23. The molecular weight excluding hydrogens is 318 g/mol. The topological polar surface area (TPSA) is 78.3 Å². The summed E-state index contributed by atoms with van der Waals surface area (Å²) < 4.78 is 5.10. The summed E-state index contributed by atoms with van der Waals surface area (Å²) in [5.74, 6) is 1.91. The van der Waals surface area contributed by atoms with E-state index in [2.05, 4.69) is 29.0 Å². The van der Waals surface area contributed by atoms with E-state index >= 15 is 0 Å². The van der Waals surface area contributed by atoms with Crippen LogP contribution in [0.15, 0.2) is 10.6 Å². The van der Waals surface area contributed by atoms with Crippen LogP contribution in [0.2, 0.25) is 0 Å². The number of aryl methyl sites for hydroxylation is 3. The van der Waals surface area contributed by atoms with Crippen molar-refractivity contribution in [3.05, 3.63) is 34.7 Å². The number of carbonyl (C=O) groups excluding carboxylic acids is 1. The highest BCUT2D eigenvalue weighted by Crippen LogP contribution is 2.34. The Bertz CT molecular complexity index is 750. The number of imidazole rings is 1. The summed E-state index contributed by atoms with van der Waals surface area (Å²) in [6, 6.07) is 1.87. The summed E-state index contributed by atoms with van der Waals surface area (Å²) in [5, 5.41) is 3.99. The van der Waals surface area contributed by atoms with E-state index in [-0.39, 0.29) is 17.7 Å². The van der Waals surface area contributed by atoms with Crippen LogP contribution in [0.1, 0.15) is 41.5 Å². The molecule has 2 aromatic rings. The smallest absolute Gasteiger partial charge is 0.227 e. The zero-order chi connectivity index (χ0) is 18.1. The second-order valence-corrected chi connectivity index (χ2v) is 7.10. The van der Waals surface area contributed by atoms with Crippen LogP contribution in [0.4, 0.5) is 0 Å². The van der Waals surface area contributed by atoms with Crippen molar-refractivity contribution in [2.45, 2.75) is 39.7 Å². The molecule has 3 heterocycles. The van der Waals surface area contributed by atoms with Gasteiger partial charge >= 0.3 is 0 Å².